The van der Waals surface area contributed by atoms with E-state index in [1.54, 1.807) is 12.1 Å². The quantitative estimate of drug-likeness (QED) is 0.529. The lowest BCUT2D eigenvalue weighted by Gasteiger charge is -2.22. The van der Waals surface area contributed by atoms with Crippen LogP contribution in [0.2, 0.25) is 5.02 Å². The molecule has 0 fully saturated rings. The third-order valence-corrected chi connectivity index (χ3v) is 5.93. The number of anilines is 2. The van der Waals surface area contributed by atoms with Gasteiger partial charge in [-0.25, -0.2) is 0 Å². The lowest BCUT2D eigenvalue weighted by Crippen LogP contribution is -2.31. The van der Waals surface area contributed by atoms with E-state index in [2.05, 4.69) is 62.6 Å². The maximum absolute atomic E-state index is 13.4. The summed E-state index contributed by atoms with van der Waals surface area (Å²) >= 11 is 6.03. The lowest BCUT2D eigenvalue weighted by atomic mass is 10.0. The van der Waals surface area contributed by atoms with Crippen molar-refractivity contribution >= 4 is 40.8 Å². The number of hydrogen-bond donors (Lipinski definition) is 0. The molecule has 2 aromatic rings. The summed E-state index contributed by atoms with van der Waals surface area (Å²) in [7, 11) is 0. The highest BCUT2D eigenvalue weighted by Gasteiger charge is 2.33. The second kappa shape index (κ2) is 10.0. The molecule has 0 atom stereocenters. The molecule has 164 valence electrons. The van der Waals surface area contributed by atoms with Gasteiger partial charge < -0.3 is 9.80 Å². The van der Waals surface area contributed by atoms with E-state index in [9.17, 15) is 4.79 Å². The molecule has 31 heavy (non-hydrogen) atoms. The Balaban J connectivity index is 2.03. The van der Waals surface area contributed by atoms with Gasteiger partial charge in [0.1, 0.15) is 0 Å². The van der Waals surface area contributed by atoms with Crippen molar-refractivity contribution in [3.05, 3.63) is 64.2 Å². The van der Waals surface area contributed by atoms with Gasteiger partial charge in [-0.2, -0.15) is 5.01 Å². The zero-order chi connectivity index (χ0) is 22.5. The molecule has 5 nitrogen and oxygen atoms in total. The molecule has 0 radical (unpaired) electrons. The molecule has 1 heterocycles. The van der Waals surface area contributed by atoms with Gasteiger partial charge in [-0.05, 0) is 88.2 Å². The first-order chi connectivity index (χ1) is 14.9. The van der Waals surface area contributed by atoms with Crippen LogP contribution in [0.4, 0.5) is 11.4 Å². The van der Waals surface area contributed by atoms with Crippen molar-refractivity contribution < 1.29 is 4.79 Å². The summed E-state index contributed by atoms with van der Waals surface area (Å²) in [5, 5.41) is 6.79. The molecule has 3 rings (SSSR count). The predicted octanol–water partition coefficient (Wildman–Crippen LogP) is 5.58. The third-order valence-electron chi connectivity index (χ3n) is 5.67. The second-order valence-corrected chi connectivity index (χ2v) is 7.90. The van der Waals surface area contributed by atoms with Gasteiger partial charge in [-0.15, -0.1) is 5.10 Å². The summed E-state index contributed by atoms with van der Waals surface area (Å²) < 4.78 is 0. The molecular weight excluding hydrogens is 408 g/mol. The van der Waals surface area contributed by atoms with Crippen molar-refractivity contribution in [2.75, 3.05) is 36.1 Å². The van der Waals surface area contributed by atoms with Crippen LogP contribution in [-0.4, -0.2) is 42.8 Å². The SMILES string of the molecule is CCN(CC)C1=NN(c2ccc(Cl)cc2)C(=O)/C1=C\c1ccc(N(CC)CC)cc1C. The number of nitrogens with zero attached hydrogens (tertiary/aromatic N) is 4. The van der Waals surface area contributed by atoms with Crippen LogP contribution in [0.25, 0.3) is 6.08 Å². The van der Waals surface area contributed by atoms with Crippen LogP contribution in [0, 0.1) is 6.92 Å². The normalized spacial score (nSPS) is 14.9. The standard InChI is InChI=1S/C25H31ClN4O/c1-6-28(7-2)22-13-10-19(18(5)16-22)17-23-24(29(8-3)9-4)27-30(25(23)31)21-14-11-20(26)12-15-21/h10-17H,6-9H2,1-5H3/b23-17-. The summed E-state index contributed by atoms with van der Waals surface area (Å²) in [6, 6.07) is 13.6. The molecule has 1 amide bonds. The Morgan fingerprint density at radius 1 is 0.935 bits per heavy atom. The number of likely N-dealkylation sites (N-methyl/N-ethyl adjacent to an activating group) is 1. The Labute approximate surface area is 190 Å². The van der Waals surface area contributed by atoms with Gasteiger partial charge in [-0.1, -0.05) is 17.7 Å². The molecule has 2 aromatic carbocycles. The maximum atomic E-state index is 13.4. The molecule has 1 aliphatic heterocycles. The second-order valence-electron chi connectivity index (χ2n) is 7.46. The predicted molar refractivity (Wildman–Crippen MR) is 132 cm³/mol. The monoisotopic (exact) mass is 438 g/mol. The fourth-order valence-corrected chi connectivity index (χ4v) is 3.93. The fourth-order valence-electron chi connectivity index (χ4n) is 3.81. The van der Waals surface area contributed by atoms with Crippen molar-refractivity contribution in [3.8, 4) is 0 Å². The number of carbonyl (C=O) groups is 1. The Kier molecular flexibility index (Phi) is 7.39. The number of halogens is 1. The number of hydrogen-bond acceptors (Lipinski definition) is 4. The average molecular weight is 439 g/mol. The Morgan fingerprint density at radius 2 is 1.55 bits per heavy atom. The van der Waals surface area contributed by atoms with Crippen molar-refractivity contribution in [2.24, 2.45) is 5.10 Å². The zero-order valence-electron chi connectivity index (χ0n) is 19.0. The number of rotatable bonds is 7. The maximum Gasteiger partial charge on any atom is 0.282 e. The highest BCUT2D eigenvalue weighted by atomic mass is 35.5. The number of hydrazone groups is 1. The minimum atomic E-state index is -0.128. The number of benzene rings is 2. The summed E-state index contributed by atoms with van der Waals surface area (Å²) in [5.74, 6) is 0.577. The third kappa shape index (κ3) is 4.77. The molecule has 1 aliphatic rings. The molecule has 0 saturated carbocycles. The first kappa shape index (κ1) is 22.9. The molecule has 0 aromatic heterocycles. The smallest absolute Gasteiger partial charge is 0.282 e. The van der Waals surface area contributed by atoms with Gasteiger partial charge in [0.2, 0.25) is 0 Å². The van der Waals surface area contributed by atoms with E-state index in [1.165, 1.54) is 10.7 Å². The van der Waals surface area contributed by atoms with Crippen LogP contribution in [0.15, 0.2) is 53.1 Å². The minimum Gasteiger partial charge on any atom is -0.372 e. The first-order valence-corrected chi connectivity index (χ1v) is 11.3. The number of amidine groups is 1. The minimum absolute atomic E-state index is 0.128. The van der Waals surface area contributed by atoms with Crippen LogP contribution < -0.4 is 9.91 Å². The largest absolute Gasteiger partial charge is 0.372 e. The lowest BCUT2D eigenvalue weighted by molar-refractivity contribution is -0.114. The highest BCUT2D eigenvalue weighted by Crippen LogP contribution is 2.29. The van der Waals surface area contributed by atoms with E-state index in [4.69, 9.17) is 16.7 Å². The summed E-state index contributed by atoms with van der Waals surface area (Å²) in [4.78, 5) is 17.8. The Hall–Kier alpha value is -2.79. The van der Waals surface area contributed by atoms with Crippen LogP contribution in [0.1, 0.15) is 38.8 Å². The van der Waals surface area contributed by atoms with Crippen LogP contribution in [0.5, 0.6) is 0 Å². The van der Waals surface area contributed by atoms with E-state index in [-0.39, 0.29) is 5.91 Å². The highest BCUT2D eigenvalue weighted by molar-refractivity contribution is 6.32. The average Bonchev–Trinajstić information content (AvgIpc) is 3.08. The molecule has 0 spiro atoms. The summed E-state index contributed by atoms with van der Waals surface area (Å²) in [5.41, 5.74) is 4.67. The summed E-state index contributed by atoms with van der Waals surface area (Å²) in [6.45, 7) is 14.0. The number of carbonyl (C=O) groups excluding carboxylic acids is 1. The van der Waals surface area contributed by atoms with Crippen molar-refractivity contribution in [2.45, 2.75) is 34.6 Å². The van der Waals surface area contributed by atoms with Crippen molar-refractivity contribution in [1.82, 2.24) is 4.90 Å². The van der Waals surface area contributed by atoms with Gasteiger partial charge in [-0.3, -0.25) is 4.79 Å². The number of amides is 1. The van der Waals surface area contributed by atoms with Gasteiger partial charge in [0.15, 0.2) is 5.84 Å². The molecule has 0 N–H and O–H groups in total. The molecular formula is C25H31ClN4O. The zero-order valence-corrected chi connectivity index (χ0v) is 19.8. The molecule has 0 saturated heterocycles. The Bertz CT molecular complexity index is 989. The molecule has 6 heteroatoms. The Morgan fingerprint density at radius 3 is 2.10 bits per heavy atom. The molecule has 0 unspecified atom stereocenters. The van der Waals surface area contributed by atoms with E-state index in [0.29, 0.717) is 22.1 Å². The summed E-state index contributed by atoms with van der Waals surface area (Å²) in [6.07, 6.45) is 1.97. The topological polar surface area (TPSA) is 39.1 Å². The van der Waals surface area contributed by atoms with Crippen molar-refractivity contribution in [3.63, 3.8) is 0 Å². The van der Waals surface area contributed by atoms with Gasteiger partial charge in [0.05, 0.1) is 11.3 Å². The van der Waals surface area contributed by atoms with Crippen LogP contribution in [0.3, 0.4) is 0 Å². The van der Waals surface area contributed by atoms with E-state index >= 15 is 0 Å². The fraction of sp³-hybridized carbons (Fsp3) is 0.360. The van der Waals surface area contributed by atoms with Crippen molar-refractivity contribution in [1.29, 1.82) is 0 Å². The van der Waals surface area contributed by atoms with Gasteiger partial charge in [0, 0.05) is 36.9 Å². The van der Waals surface area contributed by atoms with E-state index < -0.39 is 0 Å². The van der Waals surface area contributed by atoms with Crippen LogP contribution >= 0.6 is 11.6 Å². The van der Waals surface area contributed by atoms with E-state index in [0.717, 1.165) is 37.3 Å². The van der Waals surface area contributed by atoms with E-state index in [1.807, 2.05) is 18.2 Å². The molecule has 0 aliphatic carbocycles. The molecule has 0 bridgehead atoms. The van der Waals surface area contributed by atoms with Gasteiger partial charge in [0.25, 0.3) is 5.91 Å². The first-order valence-electron chi connectivity index (χ1n) is 10.9. The van der Waals surface area contributed by atoms with Crippen LogP contribution in [-0.2, 0) is 4.79 Å². The number of aryl methyl sites for hydroxylation is 1. The van der Waals surface area contributed by atoms with Gasteiger partial charge >= 0.3 is 0 Å².